The molecule has 0 spiro atoms. The highest BCUT2D eigenvalue weighted by Gasteiger charge is 2.15. The van der Waals surface area contributed by atoms with Crippen LogP contribution in [0.15, 0.2) is 0 Å². The van der Waals surface area contributed by atoms with Crippen molar-refractivity contribution in [2.75, 3.05) is 0 Å². The van der Waals surface area contributed by atoms with Crippen molar-refractivity contribution in [3.8, 4) is 0 Å². The zero-order chi connectivity index (χ0) is 8.15. The molecule has 0 aromatic rings. The van der Waals surface area contributed by atoms with Gasteiger partial charge in [0, 0.05) is 6.42 Å². The molecular weight excluding hydrogens is 132 g/mol. The highest BCUT2D eigenvalue weighted by atomic mass is 16.3. The first-order chi connectivity index (χ1) is 4.57. The summed E-state index contributed by atoms with van der Waals surface area (Å²) in [5, 5.41) is 26.9. The molecule has 0 aliphatic carbocycles. The highest BCUT2D eigenvalue weighted by molar-refractivity contribution is 4.67. The molecule has 0 heterocycles. The monoisotopic (exact) mass is 148 g/mol. The van der Waals surface area contributed by atoms with Gasteiger partial charge in [-0.15, -0.1) is 0 Å². The van der Waals surface area contributed by atoms with Gasteiger partial charge < -0.3 is 15.3 Å². The maximum absolute atomic E-state index is 9.08. The first kappa shape index (κ1) is 9.88. The Morgan fingerprint density at radius 2 is 1.60 bits per heavy atom. The quantitative estimate of drug-likeness (QED) is 0.521. The predicted molar refractivity (Wildman–Crippen MR) is 38.6 cm³/mol. The van der Waals surface area contributed by atoms with Crippen molar-refractivity contribution in [2.45, 2.75) is 45.0 Å². The van der Waals surface area contributed by atoms with Crippen molar-refractivity contribution in [1.29, 1.82) is 0 Å². The van der Waals surface area contributed by atoms with Crippen LogP contribution in [0.25, 0.3) is 0 Å². The largest absolute Gasteiger partial charge is 0.393 e. The second-order valence-corrected chi connectivity index (χ2v) is 2.63. The van der Waals surface area contributed by atoms with E-state index in [-0.39, 0.29) is 6.42 Å². The van der Waals surface area contributed by atoms with E-state index in [1.165, 1.54) is 0 Å². The van der Waals surface area contributed by atoms with Gasteiger partial charge in [0.25, 0.3) is 0 Å². The average molecular weight is 148 g/mol. The molecule has 0 saturated heterocycles. The van der Waals surface area contributed by atoms with Crippen molar-refractivity contribution in [3.05, 3.63) is 0 Å². The van der Waals surface area contributed by atoms with Crippen LogP contribution in [0.1, 0.15) is 26.7 Å². The van der Waals surface area contributed by atoms with Crippen LogP contribution in [0.4, 0.5) is 0 Å². The molecule has 0 aliphatic heterocycles. The van der Waals surface area contributed by atoms with Gasteiger partial charge in [-0.05, 0) is 13.3 Å². The summed E-state index contributed by atoms with van der Waals surface area (Å²) in [6.45, 7) is 3.38. The Balaban J connectivity index is 3.50. The van der Waals surface area contributed by atoms with E-state index in [1.807, 2.05) is 0 Å². The lowest BCUT2D eigenvalue weighted by atomic mass is 10.1. The number of aliphatic hydroxyl groups excluding tert-OH is 3. The van der Waals surface area contributed by atoms with Gasteiger partial charge in [0.1, 0.15) is 0 Å². The molecule has 0 aromatic heterocycles. The van der Waals surface area contributed by atoms with Crippen LogP contribution in [0.2, 0.25) is 0 Å². The molecule has 3 N–H and O–H groups in total. The van der Waals surface area contributed by atoms with Crippen LogP contribution in [-0.4, -0.2) is 33.6 Å². The van der Waals surface area contributed by atoms with Gasteiger partial charge in [0.15, 0.2) is 0 Å². The minimum absolute atomic E-state index is 0.245. The van der Waals surface area contributed by atoms with Gasteiger partial charge in [-0.25, -0.2) is 0 Å². The fourth-order valence-corrected chi connectivity index (χ4v) is 0.779. The molecule has 0 radical (unpaired) electrons. The second-order valence-electron chi connectivity index (χ2n) is 2.63. The zero-order valence-corrected chi connectivity index (χ0v) is 6.49. The molecule has 3 nitrogen and oxygen atoms in total. The van der Waals surface area contributed by atoms with Gasteiger partial charge in [0.2, 0.25) is 0 Å². The Morgan fingerprint density at radius 3 is 1.90 bits per heavy atom. The number of hydrogen-bond acceptors (Lipinski definition) is 3. The Hall–Kier alpha value is -0.120. The van der Waals surface area contributed by atoms with E-state index in [0.29, 0.717) is 6.42 Å². The summed E-state index contributed by atoms with van der Waals surface area (Å²) in [7, 11) is 0. The minimum Gasteiger partial charge on any atom is -0.393 e. The predicted octanol–water partition coefficient (Wildman–Crippen LogP) is -0.111. The van der Waals surface area contributed by atoms with Crippen LogP contribution < -0.4 is 0 Å². The van der Waals surface area contributed by atoms with Crippen molar-refractivity contribution < 1.29 is 15.3 Å². The molecule has 0 aromatic carbocycles. The van der Waals surface area contributed by atoms with Crippen molar-refractivity contribution >= 4 is 0 Å². The minimum atomic E-state index is -0.787. The van der Waals surface area contributed by atoms with E-state index in [1.54, 1.807) is 13.8 Å². The van der Waals surface area contributed by atoms with Crippen LogP contribution in [0, 0.1) is 0 Å². The maximum atomic E-state index is 9.08. The lowest BCUT2D eigenvalue weighted by Crippen LogP contribution is -2.28. The van der Waals surface area contributed by atoms with Gasteiger partial charge >= 0.3 is 0 Å². The second kappa shape index (κ2) is 4.66. The molecule has 0 rings (SSSR count). The molecule has 0 aliphatic rings. The topological polar surface area (TPSA) is 60.7 Å². The maximum Gasteiger partial charge on any atom is 0.0823 e. The van der Waals surface area contributed by atoms with E-state index >= 15 is 0 Å². The van der Waals surface area contributed by atoms with E-state index in [0.717, 1.165) is 0 Å². The zero-order valence-electron chi connectivity index (χ0n) is 6.49. The van der Waals surface area contributed by atoms with Crippen LogP contribution in [0.3, 0.4) is 0 Å². The van der Waals surface area contributed by atoms with Crippen LogP contribution >= 0.6 is 0 Å². The Bertz CT molecular complexity index is 82.9. The third-order valence-corrected chi connectivity index (χ3v) is 1.45. The van der Waals surface area contributed by atoms with Gasteiger partial charge in [-0.1, -0.05) is 6.92 Å². The summed E-state index contributed by atoms with van der Waals surface area (Å²) in [6.07, 6.45) is -1.26. The molecule has 0 fully saturated rings. The number of hydrogen-bond donors (Lipinski definition) is 3. The van der Waals surface area contributed by atoms with Crippen LogP contribution in [-0.2, 0) is 0 Å². The first-order valence-electron chi connectivity index (χ1n) is 3.62. The third-order valence-electron chi connectivity index (χ3n) is 1.45. The normalized spacial score (nSPS) is 20.1. The Labute approximate surface area is 61.3 Å². The molecular formula is C7H16O3. The highest BCUT2D eigenvalue weighted by Crippen LogP contribution is 2.05. The van der Waals surface area contributed by atoms with Crippen molar-refractivity contribution in [1.82, 2.24) is 0 Å². The van der Waals surface area contributed by atoms with Gasteiger partial charge in [-0.2, -0.15) is 0 Å². The van der Waals surface area contributed by atoms with Gasteiger partial charge in [0.05, 0.1) is 18.3 Å². The summed E-state index contributed by atoms with van der Waals surface area (Å²) >= 11 is 0. The van der Waals surface area contributed by atoms with Crippen LogP contribution in [0.5, 0.6) is 0 Å². The summed E-state index contributed by atoms with van der Waals surface area (Å²) in [6, 6.07) is 0. The van der Waals surface area contributed by atoms with Crippen molar-refractivity contribution in [3.63, 3.8) is 0 Å². The number of rotatable bonds is 4. The van der Waals surface area contributed by atoms with E-state index in [4.69, 9.17) is 15.3 Å². The fourth-order valence-electron chi connectivity index (χ4n) is 0.779. The molecule has 0 saturated carbocycles. The lowest BCUT2D eigenvalue weighted by molar-refractivity contribution is -0.00991. The fraction of sp³-hybridized carbons (Fsp3) is 1.00. The van der Waals surface area contributed by atoms with E-state index in [9.17, 15) is 0 Å². The summed E-state index contributed by atoms with van der Waals surface area (Å²) in [5.41, 5.74) is 0. The molecule has 0 bridgehead atoms. The Kier molecular flexibility index (Phi) is 4.60. The summed E-state index contributed by atoms with van der Waals surface area (Å²) in [5.74, 6) is 0. The molecule has 3 heteroatoms. The average Bonchev–Trinajstić information content (AvgIpc) is 1.85. The summed E-state index contributed by atoms with van der Waals surface area (Å²) < 4.78 is 0. The summed E-state index contributed by atoms with van der Waals surface area (Å²) in [4.78, 5) is 0. The SMILES string of the molecule is CCC(O)C(O)CC(C)O. The Morgan fingerprint density at radius 1 is 1.10 bits per heavy atom. The lowest BCUT2D eigenvalue weighted by Gasteiger charge is -2.16. The first-order valence-corrected chi connectivity index (χ1v) is 3.62. The molecule has 0 amide bonds. The molecule has 10 heavy (non-hydrogen) atoms. The van der Waals surface area contributed by atoms with Crippen molar-refractivity contribution in [2.24, 2.45) is 0 Å². The smallest absolute Gasteiger partial charge is 0.0823 e. The van der Waals surface area contributed by atoms with E-state index in [2.05, 4.69) is 0 Å². The third kappa shape index (κ3) is 3.82. The van der Waals surface area contributed by atoms with E-state index < -0.39 is 18.3 Å². The molecule has 62 valence electrons. The standard InChI is InChI=1S/C7H16O3/c1-3-6(9)7(10)4-5(2)8/h5-10H,3-4H2,1-2H3. The molecule has 3 unspecified atom stereocenters. The number of aliphatic hydroxyl groups is 3. The molecule has 3 atom stereocenters. The van der Waals surface area contributed by atoms with Gasteiger partial charge in [-0.3, -0.25) is 0 Å².